The summed E-state index contributed by atoms with van der Waals surface area (Å²) in [6.45, 7) is 1.02. The normalized spacial score (nSPS) is 10.5. The third kappa shape index (κ3) is 5.65. The first-order chi connectivity index (χ1) is 17.7. The van der Waals surface area contributed by atoms with Gasteiger partial charge < -0.3 is 20.7 Å². The lowest BCUT2D eigenvalue weighted by Crippen LogP contribution is -2.29. The molecule has 2 aromatic carbocycles. The predicted octanol–water partition coefficient (Wildman–Crippen LogP) is 1.96. The summed E-state index contributed by atoms with van der Waals surface area (Å²) in [5.74, 6) is -1.80. The van der Waals surface area contributed by atoms with Crippen molar-refractivity contribution in [2.24, 2.45) is 0 Å². The van der Waals surface area contributed by atoms with Crippen molar-refractivity contribution in [1.82, 2.24) is 19.5 Å². The van der Waals surface area contributed by atoms with Crippen molar-refractivity contribution < 1.29 is 19.5 Å². The number of carboxylic acid groups (broad SMARTS) is 1. The van der Waals surface area contributed by atoms with E-state index in [4.69, 9.17) is 5.11 Å². The molecule has 0 aliphatic carbocycles. The fraction of sp³-hybridized carbons (Fsp3) is 0.0800. The minimum absolute atomic E-state index is 0.164. The van der Waals surface area contributed by atoms with Gasteiger partial charge in [0.25, 0.3) is 11.1 Å². The van der Waals surface area contributed by atoms with E-state index < -0.39 is 28.6 Å². The first kappa shape index (κ1) is 24.7. The Bertz CT molecular complexity index is 1620. The Morgan fingerprint density at radius 2 is 1.70 bits per heavy atom. The molecule has 0 saturated heterocycles. The van der Waals surface area contributed by atoms with Gasteiger partial charge in [0.1, 0.15) is 23.8 Å². The summed E-state index contributed by atoms with van der Waals surface area (Å²) in [5.41, 5.74) is 0.115. The minimum atomic E-state index is -1.38. The number of nitrogens with one attached hydrogen (secondary N) is 3. The highest BCUT2D eigenvalue weighted by molar-refractivity contribution is 5.94. The lowest BCUT2D eigenvalue weighted by atomic mass is 10.1. The smallest absolute Gasteiger partial charge is 0.342 e. The summed E-state index contributed by atoms with van der Waals surface area (Å²) in [5, 5.41) is 14.3. The summed E-state index contributed by atoms with van der Waals surface area (Å²) in [6.07, 6.45) is 2.30. The second kappa shape index (κ2) is 10.5. The van der Waals surface area contributed by atoms with Crippen LogP contribution in [0.4, 0.5) is 11.4 Å². The standard InChI is InChI=1S/C25H20N6O6/c1-14(32)28-19-5-3-2-4-17(19)23-26-11-10-21(34)31(23)13-20(33)29-16-8-6-15(7-9-16)22-27-12-18(25(36)37)24(35)30-22/h2-12H,13H2,1H3,(H,28,32)(H,29,33)(H,36,37)(H,27,30,35). The van der Waals surface area contributed by atoms with Crippen LogP contribution in [-0.4, -0.2) is 42.4 Å². The van der Waals surface area contributed by atoms with E-state index in [-0.39, 0.29) is 24.1 Å². The number of benzene rings is 2. The molecule has 0 unspecified atom stereocenters. The highest BCUT2D eigenvalue weighted by atomic mass is 16.4. The summed E-state index contributed by atoms with van der Waals surface area (Å²) < 4.78 is 1.20. The Balaban J connectivity index is 1.54. The van der Waals surface area contributed by atoms with Crippen molar-refractivity contribution >= 4 is 29.2 Å². The maximum Gasteiger partial charge on any atom is 0.342 e. The Hall–Kier alpha value is -5.39. The zero-order chi connectivity index (χ0) is 26.5. The number of hydrogen-bond acceptors (Lipinski definition) is 7. The van der Waals surface area contributed by atoms with Gasteiger partial charge in [-0.3, -0.25) is 23.7 Å². The molecule has 12 heteroatoms. The van der Waals surface area contributed by atoms with E-state index in [1.807, 2.05) is 0 Å². The topological polar surface area (TPSA) is 176 Å². The maximum atomic E-state index is 12.8. The van der Waals surface area contributed by atoms with Crippen molar-refractivity contribution in [3.8, 4) is 22.8 Å². The molecule has 0 bridgehead atoms. The van der Waals surface area contributed by atoms with Gasteiger partial charge in [-0.25, -0.2) is 14.8 Å². The van der Waals surface area contributed by atoms with Crippen LogP contribution < -0.4 is 21.8 Å². The van der Waals surface area contributed by atoms with Gasteiger partial charge in [-0.15, -0.1) is 0 Å². The molecule has 0 aliphatic heterocycles. The van der Waals surface area contributed by atoms with E-state index in [1.54, 1.807) is 48.5 Å². The number of aromatic amines is 1. The molecule has 37 heavy (non-hydrogen) atoms. The molecule has 0 aliphatic rings. The molecular weight excluding hydrogens is 480 g/mol. The largest absolute Gasteiger partial charge is 0.477 e. The molecule has 0 radical (unpaired) electrons. The fourth-order valence-corrected chi connectivity index (χ4v) is 3.53. The Kier molecular flexibility index (Phi) is 7.00. The number of carbonyl (C=O) groups excluding carboxylic acids is 2. The Labute approximate surface area is 208 Å². The highest BCUT2D eigenvalue weighted by Gasteiger charge is 2.16. The van der Waals surface area contributed by atoms with Crippen molar-refractivity contribution in [2.45, 2.75) is 13.5 Å². The molecule has 12 nitrogen and oxygen atoms in total. The van der Waals surface area contributed by atoms with Crippen LogP contribution in [0, 0.1) is 0 Å². The van der Waals surface area contributed by atoms with Crippen LogP contribution >= 0.6 is 0 Å². The highest BCUT2D eigenvalue weighted by Crippen LogP contribution is 2.25. The summed E-state index contributed by atoms with van der Waals surface area (Å²) >= 11 is 0. The number of para-hydroxylation sites is 1. The molecule has 2 amide bonds. The Morgan fingerprint density at radius 3 is 2.38 bits per heavy atom. The van der Waals surface area contributed by atoms with Gasteiger partial charge in [0, 0.05) is 42.2 Å². The van der Waals surface area contributed by atoms with Crippen LogP contribution in [0.3, 0.4) is 0 Å². The van der Waals surface area contributed by atoms with E-state index in [0.29, 0.717) is 22.5 Å². The van der Waals surface area contributed by atoms with Crippen molar-refractivity contribution in [1.29, 1.82) is 0 Å². The second-order valence-corrected chi connectivity index (χ2v) is 7.82. The van der Waals surface area contributed by atoms with E-state index in [1.165, 1.54) is 23.8 Å². The molecule has 4 rings (SSSR count). The lowest BCUT2D eigenvalue weighted by molar-refractivity contribution is -0.117. The summed E-state index contributed by atoms with van der Waals surface area (Å²) in [6, 6.07) is 14.3. The number of rotatable bonds is 7. The van der Waals surface area contributed by atoms with Crippen LogP contribution in [-0.2, 0) is 16.1 Å². The average molecular weight is 500 g/mol. The van der Waals surface area contributed by atoms with Gasteiger partial charge in [-0.2, -0.15) is 0 Å². The number of hydrogen-bond donors (Lipinski definition) is 4. The molecular formula is C25H20N6O6. The van der Waals surface area contributed by atoms with Crippen molar-refractivity contribution in [3.63, 3.8) is 0 Å². The molecule has 4 N–H and O–H groups in total. The van der Waals surface area contributed by atoms with Gasteiger partial charge >= 0.3 is 5.97 Å². The lowest BCUT2D eigenvalue weighted by Gasteiger charge is -2.15. The van der Waals surface area contributed by atoms with Gasteiger partial charge in [0.15, 0.2) is 0 Å². The summed E-state index contributed by atoms with van der Waals surface area (Å²) in [7, 11) is 0. The minimum Gasteiger partial charge on any atom is -0.477 e. The number of carboxylic acids is 1. The SMILES string of the molecule is CC(=O)Nc1ccccc1-c1nccc(=O)n1CC(=O)Nc1ccc(-c2ncc(C(=O)O)c(=O)[nH]2)cc1. The average Bonchev–Trinajstić information content (AvgIpc) is 2.85. The van der Waals surface area contributed by atoms with Crippen LogP contribution in [0.25, 0.3) is 22.8 Å². The number of H-pyrrole nitrogens is 1. The number of anilines is 2. The van der Waals surface area contributed by atoms with E-state index in [0.717, 1.165) is 6.20 Å². The van der Waals surface area contributed by atoms with Gasteiger partial charge in [-0.05, 0) is 36.4 Å². The maximum absolute atomic E-state index is 12.8. The third-order valence-corrected chi connectivity index (χ3v) is 5.19. The number of nitrogens with zero attached hydrogens (tertiary/aromatic N) is 3. The second-order valence-electron chi connectivity index (χ2n) is 7.82. The van der Waals surface area contributed by atoms with Crippen LogP contribution in [0.2, 0.25) is 0 Å². The molecule has 186 valence electrons. The van der Waals surface area contributed by atoms with E-state index in [2.05, 4.69) is 25.6 Å². The van der Waals surface area contributed by atoms with Crippen molar-refractivity contribution in [3.05, 3.63) is 93.3 Å². The first-order valence-corrected chi connectivity index (χ1v) is 10.9. The van der Waals surface area contributed by atoms with Crippen LogP contribution in [0.15, 0.2) is 76.6 Å². The van der Waals surface area contributed by atoms with Gasteiger partial charge in [-0.1, -0.05) is 12.1 Å². The van der Waals surface area contributed by atoms with Gasteiger partial charge in [0.2, 0.25) is 11.8 Å². The summed E-state index contributed by atoms with van der Waals surface area (Å²) in [4.78, 5) is 70.5. The fourth-order valence-electron chi connectivity index (χ4n) is 3.53. The molecule has 0 spiro atoms. The predicted molar refractivity (Wildman–Crippen MR) is 134 cm³/mol. The first-order valence-electron chi connectivity index (χ1n) is 10.9. The molecule has 4 aromatic rings. The number of amides is 2. The molecule has 2 aromatic heterocycles. The van der Waals surface area contributed by atoms with E-state index >= 15 is 0 Å². The molecule has 0 atom stereocenters. The zero-order valence-corrected chi connectivity index (χ0v) is 19.4. The third-order valence-electron chi connectivity index (χ3n) is 5.19. The molecule has 0 fully saturated rings. The monoisotopic (exact) mass is 500 g/mol. The van der Waals surface area contributed by atoms with Crippen LogP contribution in [0.5, 0.6) is 0 Å². The van der Waals surface area contributed by atoms with Crippen LogP contribution in [0.1, 0.15) is 17.3 Å². The van der Waals surface area contributed by atoms with Gasteiger partial charge in [0.05, 0.1) is 5.69 Å². The van der Waals surface area contributed by atoms with E-state index in [9.17, 15) is 24.0 Å². The zero-order valence-electron chi connectivity index (χ0n) is 19.4. The molecule has 0 saturated carbocycles. The van der Waals surface area contributed by atoms with Crippen molar-refractivity contribution in [2.75, 3.05) is 10.6 Å². The number of aromatic nitrogens is 4. The Morgan fingerprint density at radius 1 is 0.973 bits per heavy atom. The number of aromatic carboxylic acids is 1. The quantitative estimate of drug-likeness (QED) is 0.298. The number of carbonyl (C=O) groups is 3. The molecule has 2 heterocycles.